The molecule has 0 atom stereocenters. The molecule has 0 spiro atoms. The lowest BCUT2D eigenvalue weighted by Gasteiger charge is -2.05. The van der Waals surface area contributed by atoms with Gasteiger partial charge in [0.15, 0.2) is 9.50 Å². The van der Waals surface area contributed by atoms with Crippen LogP contribution < -0.4 is 5.32 Å². The fraction of sp³-hybridized carbons (Fsp3) is 0.214. The zero-order valence-electron chi connectivity index (χ0n) is 12.1. The number of nitrogens with one attached hydrogen (secondary N) is 1. The maximum atomic E-state index is 11.1. The van der Waals surface area contributed by atoms with E-state index in [1.165, 1.54) is 29.3 Å². The van der Waals surface area contributed by atoms with E-state index in [1.54, 1.807) is 6.07 Å². The normalized spacial score (nSPS) is 14.0. The predicted molar refractivity (Wildman–Crippen MR) is 94.1 cm³/mol. The SMILES string of the molecule is O=[N+]([O-])c1cnc(Sc2nc3cc(Cl)ccc3s2)nc1NC1CC1. The lowest BCUT2D eigenvalue weighted by molar-refractivity contribution is -0.384. The Hall–Kier alpha value is -1.97. The van der Waals surface area contributed by atoms with E-state index in [0.29, 0.717) is 10.2 Å². The molecule has 4 rings (SSSR count). The predicted octanol–water partition coefficient (Wildman–Crippen LogP) is 4.37. The number of hydrogen-bond acceptors (Lipinski definition) is 8. The molecule has 1 saturated carbocycles. The van der Waals surface area contributed by atoms with Crippen LogP contribution in [-0.4, -0.2) is 25.9 Å². The summed E-state index contributed by atoms with van der Waals surface area (Å²) in [5, 5.41) is 15.2. The second-order valence-corrected chi connectivity index (χ2v) is 7.94. The molecule has 2 aromatic heterocycles. The van der Waals surface area contributed by atoms with Gasteiger partial charge < -0.3 is 5.32 Å². The minimum Gasteiger partial charge on any atom is -0.361 e. The number of rotatable bonds is 5. The molecule has 1 fully saturated rings. The monoisotopic (exact) mass is 379 g/mol. The number of aromatic nitrogens is 3. The molecule has 122 valence electrons. The fourth-order valence-corrected chi connectivity index (χ4v) is 4.12. The number of benzene rings is 1. The van der Waals surface area contributed by atoms with Crippen molar-refractivity contribution in [2.75, 3.05) is 5.32 Å². The molecule has 10 heteroatoms. The van der Waals surface area contributed by atoms with Crippen LogP contribution in [0.5, 0.6) is 0 Å². The molecule has 0 bridgehead atoms. The highest BCUT2D eigenvalue weighted by Gasteiger charge is 2.26. The number of thiazole rings is 1. The van der Waals surface area contributed by atoms with Crippen molar-refractivity contribution in [2.45, 2.75) is 28.4 Å². The van der Waals surface area contributed by atoms with E-state index in [-0.39, 0.29) is 17.5 Å². The minimum absolute atomic E-state index is 0.109. The molecule has 3 aromatic rings. The second-order valence-electron chi connectivity index (χ2n) is 5.26. The van der Waals surface area contributed by atoms with E-state index < -0.39 is 4.92 Å². The van der Waals surface area contributed by atoms with E-state index in [9.17, 15) is 10.1 Å². The summed E-state index contributed by atoms with van der Waals surface area (Å²) >= 11 is 8.75. The maximum absolute atomic E-state index is 11.1. The van der Waals surface area contributed by atoms with Crippen LogP contribution in [0.2, 0.25) is 5.02 Å². The summed E-state index contributed by atoms with van der Waals surface area (Å²) < 4.78 is 1.78. The van der Waals surface area contributed by atoms with Crippen LogP contribution >= 0.6 is 34.7 Å². The van der Waals surface area contributed by atoms with Crippen LogP contribution in [0.25, 0.3) is 10.2 Å². The average Bonchev–Trinajstić information content (AvgIpc) is 3.25. The minimum atomic E-state index is -0.473. The van der Waals surface area contributed by atoms with Gasteiger partial charge in [0.2, 0.25) is 5.82 Å². The third-order valence-corrected chi connectivity index (χ3v) is 5.58. The number of halogens is 1. The zero-order chi connectivity index (χ0) is 16.7. The first-order valence-electron chi connectivity index (χ1n) is 7.10. The smallest absolute Gasteiger partial charge is 0.329 e. The van der Waals surface area contributed by atoms with Gasteiger partial charge in [0.25, 0.3) is 0 Å². The standard InChI is InChI=1S/C14H10ClN5O2S2/c15-7-1-4-11-9(5-7)18-14(23-11)24-13-16-6-10(20(21)22)12(19-13)17-8-2-3-8/h1,4-6,8H,2-3H2,(H,16,17,19). The molecule has 1 aliphatic carbocycles. The van der Waals surface area contributed by atoms with Crippen molar-refractivity contribution in [3.05, 3.63) is 39.5 Å². The van der Waals surface area contributed by atoms with Gasteiger partial charge in [-0.3, -0.25) is 10.1 Å². The third-order valence-electron chi connectivity index (χ3n) is 3.37. The molecule has 0 aliphatic heterocycles. The van der Waals surface area contributed by atoms with E-state index in [4.69, 9.17) is 11.6 Å². The molecule has 1 aliphatic rings. The molecule has 7 nitrogen and oxygen atoms in total. The van der Waals surface area contributed by atoms with Crippen molar-refractivity contribution in [1.29, 1.82) is 0 Å². The number of nitrogens with zero attached hydrogens (tertiary/aromatic N) is 4. The summed E-state index contributed by atoms with van der Waals surface area (Å²) in [7, 11) is 0. The summed E-state index contributed by atoms with van der Waals surface area (Å²) in [5.41, 5.74) is 0.704. The molecular formula is C14H10ClN5O2S2. The Bertz CT molecular complexity index is 944. The summed E-state index contributed by atoms with van der Waals surface area (Å²) in [4.78, 5) is 23.5. The Balaban J connectivity index is 1.63. The van der Waals surface area contributed by atoms with Gasteiger partial charge in [-0.25, -0.2) is 9.97 Å². The highest BCUT2D eigenvalue weighted by atomic mass is 35.5. The van der Waals surface area contributed by atoms with Crippen molar-refractivity contribution >= 4 is 56.4 Å². The Morgan fingerprint density at radius 3 is 2.96 bits per heavy atom. The lowest BCUT2D eigenvalue weighted by Crippen LogP contribution is -2.07. The zero-order valence-corrected chi connectivity index (χ0v) is 14.5. The summed E-state index contributed by atoms with van der Waals surface area (Å²) in [5.74, 6) is 0.268. The maximum Gasteiger partial charge on any atom is 0.329 e. The Morgan fingerprint density at radius 2 is 2.21 bits per heavy atom. The van der Waals surface area contributed by atoms with Gasteiger partial charge in [-0.2, -0.15) is 4.98 Å². The fourth-order valence-electron chi connectivity index (χ4n) is 2.07. The van der Waals surface area contributed by atoms with Crippen LogP contribution in [0.3, 0.4) is 0 Å². The number of fused-ring (bicyclic) bond motifs is 1. The molecule has 1 aromatic carbocycles. The third kappa shape index (κ3) is 3.28. The van der Waals surface area contributed by atoms with Crippen molar-refractivity contribution in [3.63, 3.8) is 0 Å². The van der Waals surface area contributed by atoms with Gasteiger partial charge in [0.1, 0.15) is 6.20 Å². The lowest BCUT2D eigenvalue weighted by atomic mass is 10.3. The van der Waals surface area contributed by atoms with E-state index in [1.807, 2.05) is 12.1 Å². The van der Waals surface area contributed by atoms with E-state index >= 15 is 0 Å². The first kappa shape index (κ1) is 15.6. The Morgan fingerprint density at radius 1 is 1.38 bits per heavy atom. The average molecular weight is 380 g/mol. The first-order chi connectivity index (χ1) is 11.6. The van der Waals surface area contributed by atoms with Gasteiger partial charge in [0.05, 0.1) is 15.1 Å². The Kier molecular flexibility index (Phi) is 3.99. The van der Waals surface area contributed by atoms with Gasteiger partial charge in [-0.1, -0.05) is 11.6 Å². The van der Waals surface area contributed by atoms with Gasteiger partial charge in [0, 0.05) is 11.1 Å². The Labute approximate surface area is 149 Å². The number of nitro groups is 1. The summed E-state index contributed by atoms with van der Waals surface area (Å²) in [6.45, 7) is 0. The van der Waals surface area contributed by atoms with Crippen molar-refractivity contribution in [1.82, 2.24) is 15.0 Å². The molecule has 2 heterocycles. The van der Waals surface area contributed by atoms with Gasteiger partial charge in [-0.05, 0) is 42.8 Å². The summed E-state index contributed by atoms with van der Waals surface area (Å²) in [6.07, 6.45) is 3.24. The van der Waals surface area contributed by atoms with Crippen LogP contribution in [-0.2, 0) is 0 Å². The van der Waals surface area contributed by atoms with E-state index in [2.05, 4.69) is 20.3 Å². The second kappa shape index (κ2) is 6.15. The molecule has 0 radical (unpaired) electrons. The summed E-state index contributed by atoms with van der Waals surface area (Å²) in [6, 6.07) is 5.79. The van der Waals surface area contributed by atoms with E-state index in [0.717, 1.165) is 27.4 Å². The molecule has 0 amide bonds. The quantitative estimate of drug-likeness (QED) is 0.399. The van der Waals surface area contributed by atoms with Crippen LogP contribution in [0.4, 0.5) is 11.5 Å². The number of anilines is 1. The van der Waals surface area contributed by atoms with Crippen LogP contribution in [0.15, 0.2) is 33.9 Å². The number of hydrogen-bond donors (Lipinski definition) is 1. The van der Waals surface area contributed by atoms with Gasteiger partial charge >= 0.3 is 5.69 Å². The molecule has 1 N–H and O–H groups in total. The molecule has 0 unspecified atom stereocenters. The van der Waals surface area contributed by atoms with Crippen molar-refractivity contribution in [3.8, 4) is 0 Å². The topological polar surface area (TPSA) is 93.8 Å². The van der Waals surface area contributed by atoms with Gasteiger partial charge in [-0.15, -0.1) is 11.3 Å². The highest BCUT2D eigenvalue weighted by Crippen LogP contribution is 2.36. The molecule has 0 saturated heterocycles. The van der Waals surface area contributed by atoms with Crippen LogP contribution in [0, 0.1) is 10.1 Å². The van der Waals surface area contributed by atoms with Crippen molar-refractivity contribution in [2.24, 2.45) is 0 Å². The molecular weight excluding hydrogens is 370 g/mol. The highest BCUT2D eigenvalue weighted by molar-refractivity contribution is 8.01. The van der Waals surface area contributed by atoms with Crippen LogP contribution in [0.1, 0.15) is 12.8 Å². The van der Waals surface area contributed by atoms with Crippen molar-refractivity contribution < 1.29 is 4.92 Å². The largest absolute Gasteiger partial charge is 0.361 e. The first-order valence-corrected chi connectivity index (χ1v) is 9.11. The molecule has 24 heavy (non-hydrogen) atoms.